The van der Waals surface area contributed by atoms with E-state index in [0.29, 0.717) is 5.95 Å². The fourth-order valence-electron chi connectivity index (χ4n) is 0.894. The Morgan fingerprint density at radius 1 is 1.64 bits per heavy atom. The number of carbonyl (C=O) groups is 1. The van der Waals surface area contributed by atoms with E-state index in [-0.39, 0.29) is 12.3 Å². The minimum absolute atomic E-state index is 0.150. The maximum atomic E-state index is 11.1. The summed E-state index contributed by atoms with van der Waals surface area (Å²) in [6.45, 7) is 7.27. The van der Waals surface area contributed by atoms with Crippen molar-refractivity contribution in [3.8, 4) is 0 Å². The molecule has 0 aliphatic carbocycles. The van der Waals surface area contributed by atoms with Crippen LogP contribution in [0.15, 0.2) is 18.9 Å². The number of rotatable bonds is 3. The lowest BCUT2D eigenvalue weighted by Crippen LogP contribution is -2.13. The van der Waals surface area contributed by atoms with Gasteiger partial charge in [0.1, 0.15) is 0 Å². The molecular weight excluding hydrogens is 178 g/mol. The van der Waals surface area contributed by atoms with Crippen LogP contribution in [0.3, 0.4) is 0 Å². The fourth-order valence-corrected chi connectivity index (χ4v) is 0.894. The first-order valence-corrected chi connectivity index (χ1v) is 4.34. The fraction of sp³-hybridized carbons (Fsp3) is 0.300. The lowest BCUT2D eigenvalue weighted by Gasteiger charge is -2.03. The third-order valence-electron chi connectivity index (χ3n) is 1.81. The predicted molar refractivity (Wildman–Crippen MR) is 54.9 cm³/mol. The lowest BCUT2D eigenvalue weighted by molar-refractivity contribution is -0.115. The molecule has 0 aromatic carbocycles. The van der Waals surface area contributed by atoms with E-state index in [1.165, 1.54) is 6.08 Å². The van der Waals surface area contributed by atoms with Crippen LogP contribution in [0.1, 0.15) is 17.7 Å². The molecule has 1 N–H and O–H groups in total. The molecule has 4 heteroatoms. The van der Waals surface area contributed by atoms with Gasteiger partial charge in [0.15, 0.2) is 0 Å². The summed E-state index contributed by atoms with van der Waals surface area (Å²) in [5.74, 6) is 0.197. The van der Waals surface area contributed by atoms with Crippen LogP contribution in [0.2, 0.25) is 0 Å². The number of hydrogen-bond donors (Lipinski definition) is 1. The van der Waals surface area contributed by atoms with Gasteiger partial charge in [0, 0.05) is 18.3 Å². The van der Waals surface area contributed by atoms with E-state index >= 15 is 0 Å². The zero-order chi connectivity index (χ0) is 10.6. The first-order valence-electron chi connectivity index (χ1n) is 4.34. The summed E-state index contributed by atoms with van der Waals surface area (Å²) in [5, 5.41) is 2.58. The Morgan fingerprint density at radius 3 is 2.93 bits per heavy atom. The number of nitrogens with one attached hydrogen (secondary N) is 1. The van der Waals surface area contributed by atoms with Gasteiger partial charge in [-0.15, -0.1) is 6.58 Å². The summed E-state index contributed by atoms with van der Waals surface area (Å²) in [6.07, 6.45) is 3.50. The van der Waals surface area contributed by atoms with Gasteiger partial charge in [-0.05, 0) is 19.4 Å². The van der Waals surface area contributed by atoms with Crippen molar-refractivity contribution in [3.63, 3.8) is 0 Å². The number of nitrogens with zero attached hydrogens (tertiary/aromatic N) is 2. The Bertz CT molecular complexity index is 360. The van der Waals surface area contributed by atoms with Crippen molar-refractivity contribution >= 4 is 11.9 Å². The number of aromatic nitrogens is 2. The van der Waals surface area contributed by atoms with Crippen LogP contribution in [0.5, 0.6) is 0 Å². The Morgan fingerprint density at radius 2 is 2.36 bits per heavy atom. The molecule has 74 valence electrons. The summed E-state index contributed by atoms with van der Waals surface area (Å²) in [6, 6.07) is 0. The van der Waals surface area contributed by atoms with Crippen LogP contribution in [-0.4, -0.2) is 15.9 Å². The number of amides is 1. The van der Waals surface area contributed by atoms with Gasteiger partial charge < -0.3 is 0 Å². The van der Waals surface area contributed by atoms with Crippen molar-refractivity contribution in [2.45, 2.75) is 20.3 Å². The van der Waals surface area contributed by atoms with Gasteiger partial charge in [-0.3, -0.25) is 10.1 Å². The molecule has 1 amide bonds. The van der Waals surface area contributed by atoms with Crippen LogP contribution >= 0.6 is 0 Å². The molecule has 0 atom stereocenters. The molecule has 0 aliphatic heterocycles. The zero-order valence-corrected chi connectivity index (χ0v) is 8.37. The normalized spacial score (nSPS) is 9.57. The second-order valence-electron chi connectivity index (χ2n) is 3.00. The first kappa shape index (κ1) is 10.4. The summed E-state index contributed by atoms with van der Waals surface area (Å²) in [5.41, 5.74) is 1.88. The highest BCUT2D eigenvalue weighted by Crippen LogP contribution is 2.05. The number of carbonyl (C=O) groups excluding carboxylic acids is 1. The molecule has 14 heavy (non-hydrogen) atoms. The zero-order valence-electron chi connectivity index (χ0n) is 8.37. The minimum Gasteiger partial charge on any atom is -0.294 e. The van der Waals surface area contributed by atoms with Crippen LogP contribution < -0.4 is 5.32 Å². The second-order valence-corrected chi connectivity index (χ2v) is 3.00. The molecule has 0 bridgehead atoms. The molecule has 4 nitrogen and oxygen atoms in total. The lowest BCUT2D eigenvalue weighted by atomic mass is 10.3. The number of anilines is 1. The standard InChI is InChI=1S/C10H13N3O/c1-4-5-9(14)13-10-11-6-7(2)8(3)12-10/h4,6H,1,5H2,2-3H3,(H,11,12,13,14). The van der Waals surface area contributed by atoms with E-state index in [1.54, 1.807) is 6.20 Å². The summed E-state index contributed by atoms with van der Waals surface area (Å²) in [4.78, 5) is 19.2. The molecule has 0 fully saturated rings. The highest BCUT2D eigenvalue weighted by Gasteiger charge is 2.03. The molecule has 0 saturated carbocycles. The van der Waals surface area contributed by atoms with Crippen molar-refractivity contribution in [2.75, 3.05) is 5.32 Å². The maximum Gasteiger partial charge on any atom is 0.230 e. The van der Waals surface area contributed by atoms with E-state index in [0.717, 1.165) is 11.3 Å². The quantitative estimate of drug-likeness (QED) is 0.738. The van der Waals surface area contributed by atoms with Crippen LogP contribution in [0.4, 0.5) is 5.95 Å². The van der Waals surface area contributed by atoms with E-state index in [9.17, 15) is 4.79 Å². The number of aryl methyl sites for hydroxylation is 2. The molecular formula is C10H13N3O. The molecule has 1 aromatic rings. The molecule has 0 spiro atoms. The molecule has 1 heterocycles. The van der Waals surface area contributed by atoms with Crippen molar-refractivity contribution in [1.29, 1.82) is 0 Å². The molecule has 1 aromatic heterocycles. The Kier molecular flexibility index (Phi) is 3.34. The Hall–Kier alpha value is -1.71. The van der Waals surface area contributed by atoms with Crippen molar-refractivity contribution < 1.29 is 4.79 Å². The van der Waals surface area contributed by atoms with Crippen molar-refractivity contribution in [2.24, 2.45) is 0 Å². The smallest absolute Gasteiger partial charge is 0.230 e. The van der Waals surface area contributed by atoms with Crippen LogP contribution in [0, 0.1) is 13.8 Å². The highest BCUT2D eigenvalue weighted by atomic mass is 16.1. The van der Waals surface area contributed by atoms with Gasteiger partial charge in [0.2, 0.25) is 11.9 Å². The average Bonchev–Trinajstić information content (AvgIpc) is 2.12. The van der Waals surface area contributed by atoms with Gasteiger partial charge in [0.25, 0.3) is 0 Å². The summed E-state index contributed by atoms with van der Waals surface area (Å²) >= 11 is 0. The van der Waals surface area contributed by atoms with Gasteiger partial charge >= 0.3 is 0 Å². The second kappa shape index (κ2) is 4.50. The highest BCUT2D eigenvalue weighted by molar-refractivity contribution is 5.89. The predicted octanol–water partition coefficient (Wildman–Crippen LogP) is 1.61. The van der Waals surface area contributed by atoms with Crippen molar-refractivity contribution in [1.82, 2.24) is 9.97 Å². The van der Waals surface area contributed by atoms with E-state index in [2.05, 4.69) is 21.9 Å². The van der Waals surface area contributed by atoms with Crippen LogP contribution in [0.25, 0.3) is 0 Å². The van der Waals surface area contributed by atoms with E-state index in [4.69, 9.17) is 0 Å². The molecule has 0 saturated heterocycles. The number of hydrogen-bond acceptors (Lipinski definition) is 3. The van der Waals surface area contributed by atoms with Gasteiger partial charge in [-0.25, -0.2) is 9.97 Å². The minimum atomic E-state index is -0.150. The topological polar surface area (TPSA) is 54.9 Å². The van der Waals surface area contributed by atoms with Gasteiger partial charge in [0.05, 0.1) is 0 Å². The first-order chi connectivity index (χ1) is 6.63. The largest absolute Gasteiger partial charge is 0.294 e. The average molecular weight is 191 g/mol. The Balaban J connectivity index is 2.72. The van der Waals surface area contributed by atoms with Crippen molar-refractivity contribution in [3.05, 3.63) is 30.1 Å². The van der Waals surface area contributed by atoms with Crippen LogP contribution in [-0.2, 0) is 4.79 Å². The monoisotopic (exact) mass is 191 g/mol. The molecule has 0 unspecified atom stereocenters. The van der Waals surface area contributed by atoms with E-state index in [1.807, 2.05) is 13.8 Å². The molecule has 1 rings (SSSR count). The molecule has 0 radical (unpaired) electrons. The van der Waals surface area contributed by atoms with E-state index < -0.39 is 0 Å². The summed E-state index contributed by atoms with van der Waals surface area (Å²) in [7, 11) is 0. The summed E-state index contributed by atoms with van der Waals surface area (Å²) < 4.78 is 0. The molecule has 0 aliphatic rings. The van der Waals surface area contributed by atoms with Gasteiger partial charge in [-0.2, -0.15) is 0 Å². The Labute approximate surface area is 83.1 Å². The SMILES string of the molecule is C=CCC(=O)Nc1ncc(C)c(C)n1. The van der Waals surface area contributed by atoms with Gasteiger partial charge in [-0.1, -0.05) is 6.08 Å². The maximum absolute atomic E-state index is 11.1. The third kappa shape index (κ3) is 2.65. The third-order valence-corrected chi connectivity index (χ3v) is 1.81.